The van der Waals surface area contributed by atoms with Crippen molar-refractivity contribution in [1.29, 1.82) is 0 Å². The number of nitrogens with one attached hydrogen (secondary N) is 3. The van der Waals surface area contributed by atoms with E-state index >= 15 is 0 Å². The Bertz CT molecular complexity index is 957. The number of carbonyl (C=O) groups is 1. The summed E-state index contributed by atoms with van der Waals surface area (Å²) in [5.41, 5.74) is 0.490. The van der Waals surface area contributed by atoms with Crippen LogP contribution in [0.1, 0.15) is 98.8 Å². The molecular formula is C31H57N3O4S. The number of methoxy groups -OCH3 is 1. The van der Waals surface area contributed by atoms with Crippen LogP contribution in [0, 0.1) is 46.3 Å². The number of ether oxygens (including phenoxy) is 1. The van der Waals surface area contributed by atoms with Crippen molar-refractivity contribution < 1.29 is 17.9 Å². The van der Waals surface area contributed by atoms with E-state index in [9.17, 15) is 13.2 Å². The maximum Gasteiger partial charge on any atom is 0.305 e. The zero-order valence-corrected chi connectivity index (χ0v) is 26.5. The minimum atomic E-state index is -3.30. The van der Waals surface area contributed by atoms with Crippen molar-refractivity contribution in [2.24, 2.45) is 46.3 Å². The van der Waals surface area contributed by atoms with Crippen LogP contribution in [0.4, 0.5) is 0 Å². The number of rotatable bonds is 11. The van der Waals surface area contributed by atoms with Gasteiger partial charge in [0.1, 0.15) is 0 Å². The summed E-state index contributed by atoms with van der Waals surface area (Å²) in [6.07, 6.45) is 12.1. The van der Waals surface area contributed by atoms with E-state index in [1.165, 1.54) is 51.9 Å². The van der Waals surface area contributed by atoms with Gasteiger partial charge in [0.25, 0.3) is 0 Å². The van der Waals surface area contributed by atoms with Gasteiger partial charge < -0.3 is 15.4 Å². The fourth-order valence-electron chi connectivity index (χ4n) is 10.1. The van der Waals surface area contributed by atoms with E-state index in [1.807, 2.05) is 0 Å². The van der Waals surface area contributed by atoms with Gasteiger partial charge in [0.15, 0.2) is 0 Å². The molecular weight excluding hydrogens is 510 g/mol. The average molecular weight is 568 g/mol. The first-order valence-electron chi connectivity index (χ1n) is 15.8. The molecule has 0 aliphatic heterocycles. The first-order chi connectivity index (χ1) is 18.3. The van der Waals surface area contributed by atoms with Crippen molar-refractivity contribution in [3.8, 4) is 0 Å². The highest BCUT2D eigenvalue weighted by Gasteiger charge is 2.63. The van der Waals surface area contributed by atoms with E-state index in [-0.39, 0.29) is 22.8 Å². The minimum absolute atomic E-state index is 0.0261. The van der Waals surface area contributed by atoms with E-state index in [0.717, 1.165) is 32.4 Å². The van der Waals surface area contributed by atoms with Crippen LogP contribution in [0.5, 0.6) is 0 Å². The van der Waals surface area contributed by atoms with E-state index in [0.29, 0.717) is 54.0 Å². The van der Waals surface area contributed by atoms with Crippen molar-refractivity contribution in [2.45, 2.75) is 117 Å². The Hall–Kier alpha value is -0.700. The molecule has 4 rings (SSSR count). The molecule has 8 heteroatoms. The van der Waals surface area contributed by atoms with Crippen molar-refractivity contribution in [3.05, 3.63) is 0 Å². The van der Waals surface area contributed by atoms with Crippen molar-refractivity contribution in [2.75, 3.05) is 26.5 Å². The molecule has 3 N–H and O–H groups in total. The topological polar surface area (TPSA) is 96.5 Å². The number of sulfonamides is 1. The molecule has 4 aliphatic rings. The highest BCUT2D eigenvalue weighted by atomic mass is 32.2. The van der Waals surface area contributed by atoms with Crippen LogP contribution in [-0.2, 0) is 19.6 Å². The Labute approximate surface area is 238 Å². The van der Waals surface area contributed by atoms with Gasteiger partial charge in [-0.25, -0.2) is 13.1 Å². The molecule has 0 heterocycles. The molecule has 0 spiro atoms. The molecule has 0 saturated heterocycles. The predicted molar refractivity (Wildman–Crippen MR) is 158 cm³/mol. The fraction of sp³-hybridized carbons (Fsp3) is 0.968. The lowest BCUT2D eigenvalue weighted by Gasteiger charge is -2.63. The molecule has 0 bridgehead atoms. The van der Waals surface area contributed by atoms with Gasteiger partial charge in [0.05, 0.1) is 13.4 Å². The first-order valence-corrected chi connectivity index (χ1v) is 17.7. The molecule has 226 valence electrons. The van der Waals surface area contributed by atoms with Crippen molar-refractivity contribution >= 4 is 16.0 Å². The summed E-state index contributed by atoms with van der Waals surface area (Å²) in [6, 6.07) is 1.05. The SMILES string of the molecule is COC(=O)CC[C@@H](C)C1CCC2C3C(CC[C@@]21C)[C@@]1(C)CCC(NCCNC(C)C)C[C@@H]1C[C@H]3NS(C)(=O)=O. The van der Waals surface area contributed by atoms with E-state index < -0.39 is 10.0 Å². The third-order valence-corrected chi connectivity index (χ3v) is 12.7. The summed E-state index contributed by atoms with van der Waals surface area (Å²) in [6.45, 7) is 13.7. The van der Waals surface area contributed by atoms with Gasteiger partial charge in [-0.15, -0.1) is 0 Å². The third-order valence-electron chi connectivity index (χ3n) is 12.0. The summed E-state index contributed by atoms with van der Waals surface area (Å²) < 4.78 is 33.4. The zero-order valence-electron chi connectivity index (χ0n) is 25.7. The van der Waals surface area contributed by atoms with E-state index in [4.69, 9.17) is 4.74 Å². The van der Waals surface area contributed by atoms with Gasteiger partial charge in [-0.3, -0.25) is 4.79 Å². The quantitative estimate of drug-likeness (QED) is 0.247. The molecule has 10 atom stereocenters. The monoisotopic (exact) mass is 567 g/mol. The van der Waals surface area contributed by atoms with Crippen LogP contribution in [0.2, 0.25) is 0 Å². The minimum Gasteiger partial charge on any atom is -0.469 e. The molecule has 4 fully saturated rings. The van der Waals surface area contributed by atoms with Gasteiger partial charge in [-0.1, -0.05) is 34.6 Å². The van der Waals surface area contributed by atoms with Crippen LogP contribution < -0.4 is 15.4 Å². The average Bonchev–Trinajstić information content (AvgIpc) is 3.21. The molecule has 0 aromatic heterocycles. The molecule has 5 unspecified atom stereocenters. The second-order valence-corrected chi connectivity index (χ2v) is 16.4. The molecule has 0 amide bonds. The Morgan fingerprint density at radius 2 is 1.67 bits per heavy atom. The molecule has 4 aliphatic carbocycles. The lowest BCUT2D eigenvalue weighted by Crippen LogP contribution is -2.62. The Morgan fingerprint density at radius 3 is 2.33 bits per heavy atom. The largest absolute Gasteiger partial charge is 0.469 e. The van der Waals surface area contributed by atoms with Crippen LogP contribution in [0.15, 0.2) is 0 Å². The van der Waals surface area contributed by atoms with Crippen molar-refractivity contribution in [1.82, 2.24) is 15.4 Å². The highest BCUT2D eigenvalue weighted by Crippen LogP contribution is 2.68. The molecule has 0 aromatic carbocycles. The van der Waals surface area contributed by atoms with Crippen molar-refractivity contribution in [3.63, 3.8) is 0 Å². The first kappa shape index (κ1) is 31.2. The number of esters is 1. The van der Waals surface area contributed by atoms with Crippen LogP contribution in [-0.4, -0.2) is 59.0 Å². The second kappa shape index (κ2) is 12.3. The maximum absolute atomic E-state index is 12.7. The lowest BCUT2D eigenvalue weighted by atomic mass is 9.43. The Kier molecular flexibility index (Phi) is 9.83. The predicted octanol–water partition coefficient (Wildman–Crippen LogP) is 4.72. The van der Waals surface area contributed by atoms with Crippen LogP contribution >= 0.6 is 0 Å². The molecule has 0 aromatic rings. The lowest BCUT2D eigenvalue weighted by molar-refractivity contribution is -0.141. The number of fused-ring (bicyclic) bond motifs is 5. The highest BCUT2D eigenvalue weighted by molar-refractivity contribution is 7.88. The smallest absolute Gasteiger partial charge is 0.305 e. The summed E-state index contributed by atoms with van der Waals surface area (Å²) in [7, 11) is -1.82. The Morgan fingerprint density at radius 1 is 0.974 bits per heavy atom. The third kappa shape index (κ3) is 6.70. The zero-order chi connectivity index (χ0) is 28.6. The number of hydrogen-bond donors (Lipinski definition) is 3. The second-order valence-electron chi connectivity index (χ2n) is 14.6. The summed E-state index contributed by atoms with van der Waals surface area (Å²) in [5, 5.41) is 7.32. The summed E-state index contributed by atoms with van der Waals surface area (Å²) in [4.78, 5) is 11.9. The maximum atomic E-state index is 12.7. The molecule has 7 nitrogen and oxygen atoms in total. The van der Waals surface area contributed by atoms with Gasteiger partial charge in [0, 0.05) is 37.6 Å². The standard InChI is InChI=1S/C31H57N3O4S/c1-20(2)32-16-17-33-23-12-14-30(4)22(18-23)19-27(34-39(7,36)37)29-25-10-9-24(21(3)8-11-28(35)38-6)31(25,5)15-13-26(29)30/h20-27,29,32-34H,8-19H2,1-7H3/t21-,22-,23?,24?,25?,26?,27-,29?,30+,31-/m1/s1. The van der Waals surface area contributed by atoms with Crippen LogP contribution in [0.25, 0.3) is 0 Å². The number of carbonyl (C=O) groups excluding carboxylic acids is 1. The fourth-order valence-corrected chi connectivity index (χ4v) is 10.9. The Balaban J connectivity index is 1.52. The molecule has 0 radical (unpaired) electrons. The molecule has 4 saturated carbocycles. The van der Waals surface area contributed by atoms with Crippen LogP contribution in [0.3, 0.4) is 0 Å². The summed E-state index contributed by atoms with van der Waals surface area (Å²) >= 11 is 0. The summed E-state index contributed by atoms with van der Waals surface area (Å²) in [5.74, 6) is 2.99. The van der Waals surface area contributed by atoms with E-state index in [1.54, 1.807) is 0 Å². The normalized spacial score (nSPS) is 41.0. The van der Waals surface area contributed by atoms with E-state index in [2.05, 4.69) is 50.0 Å². The van der Waals surface area contributed by atoms with Gasteiger partial charge >= 0.3 is 5.97 Å². The molecule has 39 heavy (non-hydrogen) atoms. The van der Waals surface area contributed by atoms with Gasteiger partial charge in [-0.2, -0.15) is 0 Å². The van der Waals surface area contributed by atoms with Gasteiger partial charge in [0.2, 0.25) is 10.0 Å². The number of hydrogen-bond acceptors (Lipinski definition) is 6. The van der Waals surface area contributed by atoms with Gasteiger partial charge in [-0.05, 0) is 104 Å².